The molecule has 0 radical (unpaired) electrons. The van der Waals surface area contributed by atoms with Crippen molar-refractivity contribution in [3.63, 3.8) is 0 Å². The van der Waals surface area contributed by atoms with Crippen LogP contribution in [0.25, 0.3) is 0 Å². The van der Waals surface area contributed by atoms with E-state index in [1.54, 1.807) is 12.0 Å². The molecule has 0 aromatic heterocycles. The third kappa shape index (κ3) is 5.47. The Morgan fingerprint density at radius 3 is 2.13 bits per heavy atom. The first kappa shape index (κ1) is 20.5. The molecule has 0 aromatic rings. The number of likely N-dealkylation sites (tertiary alicyclic amines) is 1. The predicted octanol–water partition coefficient (Wildman–Crippen LogP) is 4.38. The average molecular weight is 346 g/mol. The lowest BCUT2D eigenvalue weighted by Gasteiger charge is -2.38. The third-order valence-corrected chi connectivity index (χ3v) is 9.27. The van der Waals surface area contributed by atoms with Gasteiger partial charge in [0.2, 0.25) is 0 Å². The normalized spacial score (nSPS) is 23.3. The van der Waals surface area contributed by atoms with Crippen molar-refractivity contribution < 1.29 is 18.7 Å². The van der Waals surface area contributed by atoms with Gasteiger partial charge in [0.1, 0.15) is 11.8 Å². The molecule has 1 aliphatic heterocycles. The van der Waals surface area contributed by atoms with Gasteiger partial charge in [-0.3, -0.25) is 4.90 Å². The molecule has 2 atom stereocenters. The van der Waals surface area contributed by atoms with Crippen LogP contribution in [0.5, 0.6) is 0 Å². The van der Waals surface area contributed by atoms with E-state index in [4.69, 9.17) is 13.9 Å². The van der Waals surface area contributed by atoms with Crippen LogP contribution in [0.4, 0.5) is 4.79 Å². The summed E-state index contributed by atoms with van der Waals surface area (Å²) in [5, 5.41) is 0.156. The average Bonchev–Trinajstić information content (AvgIpc) is 2.75. The summed E-state index contributed by atoms with van der Waals surface area (Å²) >= 11 is 0. The number of carbonyl (C=O) groups excluding carboxylic acids is 1. The number of hydrogen-bond acceptors (Lipinski definition) is 4. The molecule has 1 saturated heterocycles. The van der Waals surface area contributed by atoms with Crippen LogP contribution in [-0.4, -0.2) is 50.9 Å². The summed E-state index contributed by atoms with van der Waals surface area (Å²) in [5.41, 5.74) is -0.511. The number of nitrogens with zero attached hydrogens (tertiary/aromatic N) is 1. The molecule has 136 valence electrons. The van der Waals surface area contributed by atoms with Crippen LogP contribution in [0.1, 0.15) is 54.4 Å². The Bertz CT molecular complexity index is 412. The van der Waals surface area contributed by atoms with Crippen LogP contribution < -0.4 is 0 Å². The van der Waals surface area contributed by atoms with Crippen molar-refractivity contribution in [3.8, 4) is 0 Å². The minimum absolute atomic E-state index is 0.0175. The van der Waals surface area contributed by atoms with E-state index in [1.807, 2.05) is 20.8 Å². The molecule has 1 rings (SSSR count). The topological polar surface area (TPSA) is 48.0 Å². The van der Waals surface area contributed by atoms with E-state index in [0.717, 1.165) is 12.8 Å². The Labute approximate surface area is 142 Å². The number of carbonyl (C=O) groups is 1. The van der Waals surface area contributed by atoms with Crippen molar-refractivity contribution in [2.75, 3.05) is 13.7 Å². The minimum Gasteiger partial charge on any atom is -0.444 e. The molecule has 0 aliphatic carbocycles. The van der Waals surface area contributed by atoms with Gasteiger partial charge in [0.25, 0.3) is 0 Å². The van der Waals surface area contributed by atoms with Gasteiger partial charge in [-0.05, 0) is 51.7 Å². The molecular formula is C17H35NO4Si. The van der Waals surface area contributed by atoms with Crippen molar-refractivity contribution in [1.82, 2.24) is 4.90 Å². The summed E-state index contributed by atoms with van der Waals surface area (Å²) < 4.78 is 17.3. The van der Waals surface area contributed by atoms with E-state index in [-0.39, 0.29) is 23.4 Å². The molecule has 23 heavy (non-hydrogen) atoms. The van der Waals surface area contributed by atoms with Gasteiger partial charge in [-0.1, -0.05) is 20.8 Å². The van der Waals surface area contributed by atoms with Gasteiger partial charge in [0.15, 0.2) is 8.32 Å². The fraction of sp³-hybridized carbons (Fsp3) is 0.941. The molecule has 0 N–H and O–H groups in total. The zero-order chi connectivity index (χ0) is 18.1. The number of hydrogen-bond donors (Lipinski definition) is 0. The highest BCUT2D eigenvalue weighted by atomic mass is 28.4. The predicted molar refractivity (Wildman–Crippen MR) is 95.0 cm³/mol. The van der Waals surface area contributed by atoms with Crippen molar-refractivity contribution in [3.05, 3.63) is 0 Å². The first-order valence-corrected chi connectivity index (χ1v) is 11.4. The molecule has 0 bridgehead atoms. The van der Waals surface area contributed by atoms with Gasteiger partial charge >= 0.3 is 6.09 Å². The van der Waals surface area contributed by atoms with Crippen LogP contribution in [0.15, 0.2) is 0 Å². The summed E-state index contributed by atoms with van der Waals surface area (Å²) in [5.74, 6) is 0. The van der Waals surface area contributed by atoms with Gasteiger partial charge in [0, 0.05) is 7.11 Å². The van der Waals surface area contributed by atoms with E-state index < -0.39 is 13.9 Å². The van der Waals surface area contributed by atoms with Crippen molar-refractivity contribution >= 4 is 14.4 Å². The van der Waals surface area contributed by atoms with Crippen LogP contribution in [0.2, 0.25) is 18.1 Å². The maximum atomic E-state index is 12.5. The number of ether oxygens (including phenoxy) is 2. The maximum absolute atomic E-state index is 12.5. The first-order chi connectivity index (χ1) is 10.3. The Morgan fingerprint density at radius 1 is 1.13 bits per heavy atom. The molecule has 0 unspecified atom stereocenters. The van der Waals surface area contributed by atoms with E-state index >= 15 is 0 Å². The monoisotopic (exact) mass is 345 g/mol. The lowest BCUT2D eigenvalue weighted by Crippen LogP contribution is -2.49. The van der Waals surface area contributed by atoms with Gasteiger partial charge in [0.05, 0.1) is 12.6 Å². The molecular weight excluding hydrogens is 310 g/mol. The second-order valence-corrected chi connectivity index (χ2v) is 13.7. The summed E-state index contributed by atoms with van der Waals surface area (Å²) in [6.45, 7) is 17.3. The molecule has 1 fully saturated rings. The standard InChI is InChI=1S/C17H35NO4Si/c1-16(2,3)22-15(19)18-13(10-11-14(18)20-7)12-21-23(8,9)17(4,5)6/h13-14H,10-12H2,1-9H3/t13-,14-/m0/s1. The Morgan fingerprint density at radius 2 is 1.70 bits per heavy atom. The largest absolute Gasteiger partial charge is 0.444 e. The molecule has 6 heteroatoms. The molecule has 0 spiro atoms. The molecule has 0 aromatic carbocycles. The summed E-state index contributed by atoms with van der Waals surface area (Å²) in [4.78, 5) is 14.3. The Hall–Kier alpha value is -0.593. The second kappa shape index (κ2) is 7.11. The summed E-state index contributed by atoms with van der Waals surface area (Å²) in [6.07, 6.45) is 1.16. The number of amides is 1. The van der Waals surface area contributed by atoms with Gasteiger partial charge in [-0.25, -0.2) is 4.79 Å². The van der Waals surface area contributed by atoms with Gasteiger partial charge in [-0.15, -0.1) is 0 Å². The van der Waals surface area contributed by atoms with Gasteiger partial charge < -0.3 is 13.9 Å². The van der Waals surface area contributed by atoms with Crippen molar-refractivity contribution in [2.24, 2.45) is 0 Å². The highest BCUT2D eigenvalue weighted by molar-refractivity contribution is 6.74. The number of rotatable bonds is 4. The van der Waals surface area contributed by atoms with Gasteiger partial charge in [-0.2, -0.15) is 0 Å². The van der Waals surface area contributed by atoms with E-state index in [9.17, 15) is 4.79 Å². The van der Waals surface area contributed by atoms with E-state index in [2.05, 4.69) is 33.9 Å². The van der Waals surface area contributed by atoms with Crippen molar-refractivity contribution in [2.45, 2.75) is 90.4 Å². The van der Waals surface area contributed by atoms with Crippen LogP contribution in [0, 0.1) is 0 Å². The second-order valence-electron chi connectivity index (χ2n) is 8.88. The van der Waals surface area contributed by atoms with Crippen LogP contribution in [0.3, 0.4) is 0 Å². The highest BCUT2D eigenvalue weighted by Crippen LogP contribution is 2.37. The third-order valence-electron chi connectivity index (χ3n) is 4.77. The highest BCUT2D eigenvalue weighted by Gasteiger charge is 2.42. The molecule has 5 nitrogen and oxygen atoms in total. The number of methoxy groups -OCH3 is 1. The SMILES string of the molecule is CO[C@H]1CC[C@@H](CO[Si](C)(C)C(C)(C)C)N1C(=O)OC(C)(C)C. The van der Waals surface area contributed by atoms with Crippen molar-refractivity contribution in [1.29, 1.82) is 0 Å². The fourth-order valence-corrected chi connectivity index (χ4v) is 3.39. The quantitative estimate of drug-likeness (QED) is 0.709. The van der Waals surface area contributed by atoms with Crippen LogP contribution >= 0.6 is 0 Å². The first-order valence-electron chi connectivity index (χ1n) is 8.46. The molecule has 1 heterocycles. The summed E-state index contributed by atoms with van der Waals surface area (Å²) in [6, 6.07) is 0.0175. The Kier molecular flexibility index (Phi) is 6.32. The van der Waals surface area contributed by atoms with E-state index in [1.165, 1.54) is 0 Å². The molecule has 1 aliphatic rings. The van der Waals surface area contributed by atoms with Crippen LogP contribution in [-0.2, 0) is 13.9 Å². The summed E-state index contributed by atoms with van der Waals surface area (Å²) in [7, 11) is -0.197. The maximum Gasteiger partial charge on any atom is 0.412 e. The zero-order valence-corrected chi connectivity index (χ0v) is 17.4. The fourth-order valence-electron chi connectivity index (χ4n) is 2.35. The van der Waals surface area contributed by atoms with E-state index in [0.29, 0.717) is 6.61 Å². The lowest BCUT2D eigenvalue weighted by atomic mass is 10.2. The molecule has 0 saturated carbocycles. The minimum atomic E-state index is -1.84. The molecule has 1 amide bonds. The smallest absolute Gasteiger partial charge is 0.412 e. The lowest BCUT2D eigenvalue weighted by molar-refractivity contribution is -0.0464. The zero-order valence-electron chi connectivity index (χ0n) is 16.4. The Balaban J connectivity index is 2.79.